The minimum Gasteiger partial charge on any atom is -0.346 e. The van der Waals surface area contributed by atoms with E-state index in [1.165, 1.54) is 12.8 Å². The summed E-state index contributed by atoms with van der Waals surface area (Å²) in [7, 11) is -2.17. The topological polar surface area (TPSA) is 37.3 Å². The Balaban J connectivity index is 2.83. The zero-order chi connectivity index (χ0) is 7.11. The van der Waals surface area contributed by atoms with Crippen LogP contribution in [0.4, 0.5) is 0 Å². The zero-order valence-electron chi connectivity index (χ0n) is 5.89. The standard InChI is InChI=1S/C6H15O2P/c1-2-3-4-5-6-9(7)8/h9H,2-6H2,1H3,(H,7,8). The smallest absolute Gasteiger partial charge is 0.189 e. The first-order chi connectivity index (χ1) is 4.27. The Morgan fingerprint density at radius 3 is 2.44 bits per heavy atom. The lowest BCUT2D eigenvalue weighted by molar-refractivity contribution is 0.499. The van der Waals surface area contributed by atoms with Crippen LogP contribution in [0.25, 0.3) is 0 Å². The molecule has 1 unspecified atom stereocenters. The molecule has 0 radical (unpaired) electrons. The number of rotatable bonds is 5. The zero-order valence-corrected chi connectivity index (χ0v) is 6.89. The molecule has 0 heterocycles. The quantitative estimate of drug-likeness (QED) is 0.481. The van der Waals surface area contributed by atoms with Crippen LogP contribution in [-0.4, -0.2) is 11.1 Å². The van der Waals surface area contributed by atoms with Gasteiger partial charge >= 0.3 is 0 Å². The van der Waals surface area contributed by atoms with Crippen molar-refractivity contribution in [2.45, 2.75) is 32.6 Å². The molecule has 0 aromatic heterocycles. The first kappa shape index (κ1) is 9.19. The maximum atomic E-state index is 10.1. The van der Waals surface area contributed by atoms with Gasteiger partial charge in [-0.25, -0.2) is 0 Å². The van der Waals surface area contributed by atoms with Crippen molar-refractivity contribution in [1.82, 2.24) is 0 Å². The van der Waals surface area contributed by atoms with Crippen LogP contribution in [0.2, 0.25) is 0 Å². The van der Waals surface area contributed by atoms with Crippen LogP contribution in [0.5, 0.6) is 0 Å². The van der Waals surface area contributed by atoms with Crippen molar-refractivity contribution in [2.75, 3.05) is 6.16 Å². The summed E-state index contributed by atoms with van der Waals surface area (Å²) in [5.74, 6) is 0. The van der Waals surface area contributed by atoms with Gasteiger partial charge in [0.25, 0.3) is 0 Å². The summed E-state index contributed by atoms with van der Waals surface area (Å²) in [5.41, 5.74) is 0. The number of hydrogen-bond acceptors (Lipinski definition) is 1. The average Bonchev–Trinajstić information content (AvgIpc) is 1.80. The molecule has 1 N–H and O–H groups in total. The van der Waals surface area contributed by atoms with Gasteiger partial charge in [0.1, 0.15) is 0 Å². The highest BCUT2D eigenvalue weighted by Crippen LogP contribution is 2.15. The molecule has 0 bridgehead atoms. The maximum absolute atomic E-state index is 10.1. The summed E-state index contributed by atoms with van der Waals surface area (Å²) in [5, 5.41) is 0. The highest BCUT2D eigenvalue weighted by Gasteiger charge is 1.91. The van der Waals surface area contributed by atoms with Crippen molar-refractivity contribution in [3.8, 4) is 0 Å². The fourth-order valence-corrected chi connectivity index (χ4v) is 1.26. The van der Waals surface area contributed by atoms with Crippen LogP contribution >= 0.6 is 8.03 Å². The Morgan fingerprint density at radius 2 is 2.00 bits per heavy atom. The van der Waals surface area contributed by atoms with E-state index in [9.17, 15) is 4.57 Å². The SMILES string of the molecule is CCCCCC[PH](=O)O. The average molecular weight is 150 g/mol. The van der Waals surface area contributed by atoms with Gasteiger partial charge in [-0.2, -0.15) is 0 Å². The summed E-state index contributed by atoms with van der Waals surface area (Å²) in [4.78, 5) is 8.40. The molecule has 0 aromatic carbocycles. The second-order valence-electron chi connectivity index (χ2n) is 2.20. The Kier molecular flexibility index (Phi) is 6.45. The summed E-state index contributed by atoms with van der Waals surface area (Å²) in [6.45, 7) is 2.13. The van der Waals surface area contributed by atoms with Gasteiger partial charge in [0.05, 0.1) is 0 Å². The van der Waals surface area contributed by atoms with Crippen LogP contribution < -0.4 is 0 Å². The van der Waals surface area contributed by atoms with Gasteiger partial charge in [-0.15, -0.1) is 0 Å². The van der Waals surface area contributed by atoms with Gasteiger partial charge in [0.2, 0.25) is 0 Å². The van der Waals surface area contributed by atoms with Gasteiger partial charge in [-0.3, -0.25) is 4.57 Å². The molecule has 56 valence electrons. The first-order valence-electron chi connectivity index (χ1n) is 3.49. The van der Waals surface area contributed by atoms with Crippen molar-refractivity contribution >= 4 is 8.03 Å². The summed E-state index contributed by atoms with van der Waals surface area (Å²) >= 11 is 0. The third-order valence-electron chi connectivity index (χ3n) is 1.24. The van der Waals surface area contributed by atoms with Crippen LogP contribution in [-0.2, 0) is 4.57 Å². The largest absolute Gasteiger partial charge is 0.346 e. The molecule has 9 heavy (non-hydrogen) atoms. The van der Waals surface area contributed by atoms with Gasteiger partial charge in [-0.05, 0) is 6.42 Å². The van der Waals surface area contributed by atoms with E-state index in [1.807, 2.05) is 0 Å². The highest BCUT2D eigenvalue weighted by molar-refractivity contribution is 7.37. The molecule has 0 aliphatic heterocycles. The van der Waals surface area contributed by atoms with Crippen molar-refractivity contribution in [2.24, 2.45) is 0 Å². The molecule has 1 atom stereocenters. The third-order valence-corrected chi connectivity index (χ3v) is 2.03. The fourth-order valence-electron chi connectivity index (χ4n) is 0.703. The third kappa shape index (κ3) is 8.19. The summed E-state index contributed by atoms with van der Waals surface area (Å²) in [6, 6.07) is 0. The van der Waals surface area contributed by atoms with Gasteiger partial charge < -0.3 is 4.89 Å². The van der Waals surface area contributed by atoms with Gasteiger partial charge in [0.15, 0.2) is 8.03 Å². The van der Waals surface area contributed by atoms with E-state index in [0.29, 0.717) is 6.16 Å². The van der Waals surface area contributed by atoms with Crippen molar-refractivity contribution in [3.63, 3.8) is 0 Å². The lowest BCUT2D eigenvalue weighted by Crippen LogP contribution is -1.78. The highest BCUT2D eigenvalue weighted by atomic mass is 31.1. The molecule has 0 saturated heterocycles. The monoisotopic (exact) mass is 150 g/mol. The molecular formula is C6H15O2P. The van der Waals surface area contributed by atoms with E-state index >= 15 is 0 Å². The van der Waals surface area contributed by atoms with Crippen molar-refractivity contribution in [3.05, 3.63) is 0 Å². The van der Waals surface area contributed by atoms with Gasteiger partial charge in [0, 0.05) is 6.16 Å². The van der Waals surface area contributed by atoms with Crippen LogP contribution in [0.3, 0.4) is 0 Å². The van der Waals surface area contributed by atoms with E-state index in [4.69, 9.17) is 4.89 Å². The van der Waals surface area contributed by atoms with E-state index in [2.05, 4.69) is 6.92 Å². The molecule has 0 aliphatic rings. The second kappa shape index (κ2) is 6.31. The van der Waals surface area contributed by atoms with E-state index < -0.39 is 8.03 Å². The molecule has 0 saturated carbocycles. The fraction of sp³-hybridized carbons (Fsp3) is 1.00. The molecule has 3 heteroatoms. The summed E-state index contributed by atoms with van der Waals surface area (Å²) < 4.78 is 10.1. The molecule has 0 aliphatic carbocycles. The number of unbranched alkanes of at least 4 members (excludes halogenated alkanes) is 3. The van der Waals surface area contributed by atoms with Crippen molar-refractivity contribution in [1.29, 1.82) is 0 Å². The van der Waals surface area contributed by atoms with Crippen LogP contribution in [0, 0.1) is 0 Å². The van der Waals surface area contributed by atoms with Crippen LogP contribution in [0.15, 0.2) is 0 Å². The number of hydrogen-bond donors (Lipinski definition) is 1. The Morgan fingerprint density at radius 1 is 1.33 bits per heavy atom. The van der Waals surface area contributed by atoms with E-state index in [-0.39, 0.29) is 0 Å². The predicted octanol–water partition coefficient (Wildman–Crippen LogP) is 2.03. The first-order valence-corrected chi connectivity index (χ1v) is 5.05. The predicted molar refractivity (Wildman–Crippen MR) is 40.2 cm³/mol. The maximum Gasteiger partial charge on any atom is 0.189 e. The summed E-state index contributed by atoms with van der Waals surface area (Å²) in [6.07, 6.45) is 4.92. The normalized spacial score (nSPS) is 13.6. The Bertz CT molecular complexity index is 83.1. The molecule has 0 spiro atoms. The molecule has 2 nitrogen and oxygen atoms in total. The molecular weight excluding hydrogens is 135 g/mol. The minimum atomic E-state index is -2.17. The minimum absolute atomic E-state index is 0.519. The van der Waals surface area contributed by atoms with E-state index in [0.717, 1.165) is 12.8 Å². The molecule has 0 amide bonds. The van der Waals surface area contributed by atoms with Gasteiger partial charge in [-0.1, -0.05) is 26.2 Å². The Hall–Kier alpha value is 0.190. The lowest BCUT2D eigenvalue weighted by Gasteiger charge is -1.93. The van der Waals surface area contributed by atoms with E-state index in [1.54, 1.807) is 0 Å². The molecule has 0 fully saturated rings. The van der Waals surface area contributed by atoms with Crippen molar-refractivity contribution < 1.29 is 9.46 Å². The second-order valence-corrected chi connectivity index (χ2v) is 3.49. The molecule has 0 aromatic rings. The molecule has 0 rings (SSSR count). The van der Waals surface area contributed by atoms with Crippen LogP contribution in [0.1, 0.15) is 32.6 Å². The Labute approximate surface area is 57.1 Å². The lowest BCUT2D eigenvalue weighted by atomic mass is 10.2.